The minimum atomic E-state index is -0.677. The van der Waals surface area contributed by atoms with Crippen molar-refractivity contribution in [1.82, 2.24) is 4.57 Å². The van der Waals surface area contributed by atoms with E-state index in [2.05, 4.69) is 20.9 Å². The molecule has 0 amide bonds. The van der Waals surface area contributed by atoms with E-state index in [0.29, 0.717) is 43.2 Å². The molecule has 0 bridgehead atoms. The molecule has 0 saturated heterocycles. The summed E-state index contributed by atoms with van der Waals surface area (Å²) in [5.41, 5.74) is 4.20. The van der Waals surface area contributed by atoms with Crippen molar-refractivity contribution in [2.45, 2.75) is 26.5 Å². The van der Waals surface area contributed by atoms with Crippen LogP contribution in [-0.2, 0) is 16.1 Å². The van der Waals surface area contributed by atoms with Gasteiger partial charge in [-0.1, -0.05) is 53.8 Å². The van der Waals surface area contributed by atoms with Gasteiger partial charge in [0.1, 0.15) is 6.61 Å². The fraction of sp³-hybridized carbons (Fsp3) is 0.242. The molecule has 1 aliphatic rings. The summed E-state index contributed by atoms with van der Waals surface area (Å²) in [5, 5.41) is 0. The summed E-state index contributed by atoms with van der Waals surface area (Å²) in [4.78, 5) is 34.4. The lowest BCUT2D eigenvalue weighted by Gasteiger charge is -2.25. The summed E-state index contributed by atoms with van der Waals surface area (Å²) in [7, 11) is 5.50. The number of ether oxygens (including phenoxy) is 3. The number of thiazole rings is 1. The van der Waals surface area contributed by atoms with Gasteiger partial charge in [-0.25, -0.2) is 9.79 Å². The summed E-state index contributed by atoms with van der Waals surface area (Å²) in [6, 6.07) is 20.7. The van der Waals surface area contributed by atoms with Crippen molar-refractivity contribution in [3.63, 3.8) is 0 Å². The summed E-state index contributed by atoms with van der Waals surface area (Å²) >= 11 is 4.89. The predicted molar refractivity (Wildman–Crippen MR) is 173 cm³/mol. The molecule has 1 aliphatic heterocycles. The molecule has 1 atom stereocenters. The third-order valence-electron chi connectivity index (χ3n) is 7.02. The number of benzene rings is 3. The third kappa shape index (κ3) is 6.30. The number of esters is 1. The molecule has 0 radical (unpaired) electrons. The van der Waals surface area contributed by atoms with E-state index in [4.69, 9.17) is 14.2 Å². The van der Waals surface area contributed by atoms with Crippen LogP contribution in [0, 0.1) is 0 Å². The van der Waals surface area contributed by atoms with Gasteiger partial charge in [0.05, 0.1) is 40.0 Å². The number of hydrogen-bond acceptors (Lipinski definition) is 8. The molecule has 5 rings (SSSR count). The first-order chi connectivity index (χ1) is 20.7. The molecule has 3 aromatic carbocycles. The molecule has 1 unspecified atom stereocenters. The van der Waals surface area contributed by atoms with Gasteiger partial charge in [0.2, 0.25) is 0 Å². The second-order valence-corrected chi connectivity index (χ2v) is 12.0. The van der Waals surface area contributed by atoms with Crippen LogP contribution in [0.5, 0.6) is 11.5 Å². The van der Waals surface area contributed by atoms with Gasteiger partial charge in [-0.3, -0.25) is 9.36 Å². The Labute approximate surface area is 262 Å². The first kappa shape index (κ1) is 30.3. The lowest BCUT2D eigenvalue weighted by molar-refractivity contribution is -0.139. The van der Waals surface area contributed by atoms with Crippen LogP contribution in [0.2, 0.25) is 0 Å². The van der Waals surface area contributed by atoms with E-state index in [1.807, 2.05) is 85.7 Å². The van der Waals surface area contributed by atoms with Crippen molar-refractivity contribution < 1.29 is 19.0 Å². The average molecular weight is 663 g/mol. The van der Waals surface area contributed by atoms with Gasteiger partial charge >= 0.3 is 5.97 Å². The van der Waals surface area contributed by atoms with Crippen molar-refractivity contribution in [2.24, 2.45) is 4.99 Å². The SMILES string of the molecule is CCOC(=O)C1=C(C)N=c2s/c(=C\c3cc(Br)c(OCc4ccccc4)c(OC)c3)c(=O)n2C1c1ccc(N(C)C)cc1. The minimum absolute atomic E-state index is 0.216. The Bertz CT molecular complexity index is 1860. The maximum atomic E-state index is 14.0. The van der Waals surface area contributed by atoms with Crippen LogP contribution in [0.15, 0.2) is 92.3 Å². The highest BCUT2D eigenvalue weighted by molar-refractivity contribution is 9.10. The number of carbonyl (C=O) groups is 1. The zero-order valence-electron chi connectivity index (χ0n) is 24.6. The molecular formula is C33H32BrN3O5S. The molecule has 10 heteroatoms. The number of halogens is 1. The monoisotopic (exact) mass is 661 g/mol. The van der Waals surface area contributed by atoms with Crippen molar-refractivity contribution in [1.29, 1.82) is 0 Å². The first-order valence-corrected chi connectivity index (χ1v) is 15.3. The van der Waals surface area contributed by atoms with Gasteiger partial charge in [0, 0.05) is 19.8 Å². The quantitative estimate of drug-likeness (QED) is 0.229. The number of allylic oxidation sites excluding steroid dienone is 1. The third-order valence-corrected chi connectivity index (χ3v) is 8.59. The van der Waals surface area contributed by atoms with Gasteiger partial charge in [-0.05, 0) is 76.8 Å². The standard InChI is InChI=1S/C33H32BrN3O5S/c1-6-41-32(39)28-20(2)35-33-37(29(28)23-12-14-24(15-13-23)36(3)4)31(38)27(43-33)18-22-16-25(34)30(26(17-22)40-5)42-19-21-10-8-7-9-11-21/h7-18,29H,6,19H2,1-5H3/b27-18-. The van der Waals surface area contributed by atoms with E-state index in [1.54, 1.807) is 31.6 Å². The van der Waals surface area contributed by atoms with Gasteiger partial charge in [0.25, 0.3) is 5.56 Å². The van der Waals surface area contributed by atoms with Crippen LogP contribution in [0.3, 0.4) is 0 Å². The number of rotatable bonds is 9. The van der Waals surface area contributed by atoms with Crippen molar-refractivity contribution in [2.75, 3.05) is 32.7 Å². The zero-order valence-corrected chi connectivity index (χ0v) is 27.0. The predicted octanol–water partition coefficient (Wildman–Crippen LogP) is 5.21. The number of hydrogen-bond donors (Lipinski definition) is 0. The Kier molecular flexibility index (Phi) is 9.17. The van der Waals surface area contributed by atoms with Gasteiger partial charge in [0.15, 0.2) is 16.3 Å². The smallest absolute Gasteiger partial charge is 0.338 e. The highest BCUT2D eigenvalue weighted by atomic mass is 79.9. The Balaban J connectivity index is 1.58. The lowest BCUT2D eigenvalue weighted by Crippen LogP contribution is -2.39. The van der Waals surface area contributed by atoms with Crippen molar-refractivity contribution >= 4 is 45.0 Å². The molecule has 1 aromatic heterocycles. The van der Waals surface area contributed by atoms with E-state index in [9.17, 15) is 9.59 Å². The highest BCUT2D eigenvalue weighted by Crippen LogP contribution is 2.37. The molecule has 4 aromatic rings. The van der Waals surface area contributed by atoms with E-state index in [1.165, 1.54) is 11.3 Å². The molecule has 222 valence electrons. The Hall–Kier alpha value is -4.15. The summed E-state index contributed by atoms with van der Waals surface area (Å²) in [5.74, 6) is 0.615. The van der Waals surface area contributed by atoms with Crippen LogP contribution < -0.4 is 29.3 Å². The van der Waals surface area contributed by atoms with Crippen LogP contribution >= 0.6 is 27.3 Å². The number of methoxy groups -OCH3 is 1. The second kappa shape index (κ2) is 13.0. The van der Waals surface area contributed by atoms with E-state index < -0.39 is 12.0 Å². The molecule has 0 spiro atoms. The summed E-state index contributed by atoms with van der Waals surface area (Å²) in [6.07, 6.45) is 1.80. The Morgan fingerprint density at radius 1 is 1.12 bits per heavy atom. The Morgan fingerprint density at radius 3 is 2.49 bits per heavy atom. The van der Waals surface area contributed by atoms with Crippen LogP contribution in [0.1, 0.15) is 36.6 Å². The lowest BCUT2D eigenvalue weighted by atomic mass is 9.95. The normalized spacial score (nSPS) is 14.7. The minimum Gasteiger partial charge on any atom is -0.493 e. The van der Waals surface area contributed by atoms with E-state index in [0.717, 1.165) is 22.4 Å². The summed E-state index contributed by atoms with van der Waals surface area (Å²) < 4.78 is 19.9. The van der Waals surface area contributed by atoms with Crippen molar-refractivity contribution in [3.8, 4) is 11.5 Å². The maximum Gasteiger partial charge on any atom is 0.338 e. The molecule has 0 saturated carbocycles. The van der Waals surface area contributed by atoms with Gasteiger partial charge < -0.3 is 19.1 Å². The number of fused-ring (bicyclic) bond motifs is 1. The molecular weight excluding hydrogens is 630 g/mol. The van der Waals surface area contributed by atoms with Crippen LogP contribution in [0.25, 0.3) is 6.08 Å². The molecule has 0 fully saturated rings. The second-order valence-electron chi connectivity index (χ2n) is 10.1. The number of nitrogens with zero attached hydrogens (tertiary/aromatic N) is 3. The molecule has 43 heavy (non-hydrogen) atoms. The molecule has 2 heterocycles. The fourth-order valence-corrected chi connectivity index (χ4v) is 6.53. The van der Waals surface area contributed by atoms with Gasteiger partial charge in [-0.2, -0.15) is 0 Å². The van der Waals surface area contributed by atoms with Gasteiger partial charge in [-0.15, -0.1) is 0 Å². The zero-order chi connectivity index (χ0) is 30.7. The number of aromatic nitrogens is 1. The van der Waals surface area contributed by atoms with Crippen molar-refractivity contribution in [3.05, 3.63) is 119 Å². The molecule has 8 nitrogen and oxygen atoms in total. The van der Waals surface area contributed by atoms with E-state index in [-0.39, 0.29) is 12.2 Å². The number of carbonyl (C=O) groups excluding carboxylic acids is 1. The van der Waals surface area contributed by atoms with E-state index >= 15 is 0 Å². The largest absolute Gasteiger partial charge is 0.493 e. The highest BCUT2D eigenvalue weighted by Gasteiger charge is 2.33. The fourth-order valence-electron chi connectivity index (χ4n) is 4.91. The maximum absolute atomic E-state index is 14.0. The number of anilines is 1. The summed E-state index contributed by atoms with van der Waals surface area (Å²) in [6.45, 7) is 4.13. The van der Waals surface area contributed by atoms with Crippen LogP contribution in [-0.4, -0.2) is 38.3 Å². The topological polar surface area (TPSA) is 82.4 Å². The molecule has 0 N–H and O–H groups in total. The molecule has 0 aliphatic carbocycles. The average Bonchev–Trinajstić information content (AvgIpc) is 3.29. The van der Waals surface area contributed by atoms with Crippen LogP contribution in [0.4, 0.5) is 5.69 Å². The first-order valence-electron chi connectivity index (χ1n) is 13.7. The Morgan fingerprint density at radius 2 is 1.84 bits per heavy atom.